The molecule has 1 aliphatic heterocycles. The van der Waals surface area contributed by atoms with Gasteiger partial charge in [0.05, 0.1) is 25.9 Å². The Labute approximate surface area is 207 Å². The van der Waals surface area contributed by atoms with Gasteiger partial charge < -0.3 is 20.5 Å². The maximum absolute atomic E-state index is 10.5. The highest BCUT2D eigenvalue weighted by molar-refractivity contribution is 14.0. The van der Waals surface area contributed by atoms with Gasteiger partial charge in [0.2, 0.25) is 0 Å². The maximum Gasteiger partial charge on any atom is 0.191 e. The van der Waals surface area contributed by atoms with Crippen molar-refractivity contribution >= 4 is 41.5 Å². The van der Waals surface area contributed by atoms with Crippen molar-refractivity contribution in [2.45, 2.75) is 26.1 Å². The number of ether oxygens (including phenoxy) is 1. The first-order valence-electron chi connectivity index (χ1n) is 10.5. The quantitative estimate of drug-likeness (QED) is 0.263. The summed E-state index contributed by atoms with van der Waals surface area (Å²) in [5, 5.41) is 17.5. The standard InChI is InChI=1S/C23H31ClN4O2.HI/c1-2-25-23(27-16-22(29)20-9-5-6-10-21(20)24)26-15-18-7-3-4-8-19(18)17-28-11-13-30-14-12-28;/h3-10,22,29H,2,11-17H2,1H3,(H2,25,26,27);1H. The van der Waals surface area contributed by atoms with Gasteiger partial charge in [-0.05, 0) is 24.1 Å². The van der Waals surface area contributed by atoms with Gasteiger partial charge in [0.25, 0.3) is 0 Å². The van der Waals surface area contributed by atoms with Gasteiger partial charge in [-0.15, -0.1) is 24.0 Å². The zero-order valence-electron chi connectivity index (χ0n) is 17.9. The number of nitrogens with zero attached hydrogens (tertiary/aromatic N) is 2. The summed E-state index contributed by atoms with van der Waals surface area (Å²) < 4.78 is 5.45. The summed E-state index contributed by atoms with van der Waals surface area (Å²) in [6.45, 7) is 8.07. The summed E-state index contributed by atoms with van der Waals surface area (Å²) in [4.78, 5) is 7.14. The number of halogens is 2. The van der Waals surface area contributed by atoms with E-state index in [0.29, 0.717) is 29.6 Å². The molecule has 1 aliphatic rings. The van der Waals surface area contributed by atoms with Crippen LogP contribution in [0.2, 0.25) is 5.02 Å². The molecule has 0 saturated carbocycles. The average molecular weight is 559 g/mol. The van der Waals surface area contributed by atoms with Crippen molar-refractivity contribution in [3.8, 4) is 0 Å². The van der Waals surface area contributed by atoms with E-state index in [-0.39, 0.29) is 24.0 Å². The number of nitrogens with one attached hydrogen (secondary N) is 2. The fraction of sp³-hybridized carbons (Fsp3) is 0.435. The number of morpholine rings is 1. The van der Waals surface area contributed by atoms with Crippen LogP contribution >= 0.6 is 35.6 Å². The fourth-order valence-electron chi connectivity index (χ4n) is 3.42. The minimum atomic E-state index is -0.712. The molecule has 0 aromatic heterocycles. The lowest BCUT2D eigenvalue weighted by atomic mass is 10.1. The molecule has 1 atom stereocenters. The SMILES string of the molecule is CCNC(=NCc1ccccc1CN1CCOCC1)NCC(O)c1ccccc1Cl.I. The van der Waals surface area contributed by atoms with E-state index in [1.807, 2.05) is 25.1 Å². The summed E-state index contributed by atoms with van der Waals surface area (Å²) in [5.74, 6) is 0.671. The molecule has 0 aliphatic carbocycles. The van der Waals surface area contributed by atoms with Gasteiger partial charge >= 0.3 is 0 Å². The van der Waals surface area contributed by atoms with Crippen LogP contribution in [0.3, 0.4) is 0 Å². The predicted molar refractivity (Wildman–Crippen MR) is 137 cm³/mol. The second-order valence-corrected chi connectivity index (χ2v) is 7.68. The fourth-order valence-corrected chi connectivity index (χ4v) is 3.68. The minimum absolute atomic E-state index is 0. The summed E-state index contributed by atoms with van der Waals surface area (Å²) in [6.07, 6.45) is -0.712. The Morgan fingerprint density at radius 1 is 1.10 bits per heavy atom. The summed E-state index contributed by atoms with van der Waals surface area (Å²) in [6, 6.07) is 15.8. The first kappa shape index (κ1) is 25.9. The molecule has 2 aromatic rings. The lowest BCUT2D eigenvalue weighted by Gasteiger charge is -2.27. The van der Waals surface area contributed by atoms with Crippen molar-refractivity contribution < 1.29 is 9.84 Å². The number of benzene rings is 2. The predicted octanol–water partition coefficient (Wildman–Crippen LogP) is 3.58. The molecule has 6 nitrogen and oxygen atoms in total. The van der Waals surface area contributed by atoms with E-state index < -0.39 is 6.10 Å². The normalized spacial score (nSPS) is 15.8. The average Bonchev–Trinajstić information content (AvgIpc) is 2.77. The lowest BCUT2D eigenvalue weighted by Crippen LogP contribution is -2.39. The van der Waals surface area contributed by atoms with Crippen LogP contribution in [0.25, 0.3) is 0 Å². The van der Waals surface area contributed by atoms with Crippen LogP contribution < -0.4 is 10.6 Å². The molecular weight excluding hydrogens is 527 g/mol. The van der Waals surface area contributed by atoms with Crippen molar-refractivity contribution in [2.75, 3.05) is 39.4 Å². The molecular formula is C23H32ClIN4O2. The Morgan fingerprint density at radius 3 is 2.48 bits per heavy atom. The van der Waals surface area contributed by atoms with Crippen LogP contribution in [-0.2, 0) is 17.8 Å². The maximum atomic E-state index is 10.5. The number of aliphatic hydroxyl groups is 1. The number of hydrogen-bond donors (Lipinski definition) is 3. The Balaban J connectivity index is 0.00000341. The highest BCUT2D eigenvalue weighted by atomic mass is 127. The van der Waals surface area contributed by atoms with Crippen LogP contribution in [0.1, 0.15) is 29.7 Å². The zero-order chi connectivity index (χ0) is 21.2. The molecule has 3 rings (SSSR count). The molecule has 1 unspecified atom stereocenters. The van der Waals surface area contributed by atoms with Gasteiger partial charge in [0.1, 0.15) is 0 Å². The third-order valence-corrected chi connectivity index (χ3v) is 5.44. The van der Waals surface area contributed by atoms with Gasteiger partial charge in [-0.1, -0.05) is 54.1 Å². The van der Waals surface area contributed by atoms with E-state index in [1.54, 1.807) is 6.07 Å². The molecule has 3 N–H and O–H groups in total. The first-order chi connectivity index (χ1) is 14.7. The van der Waals surface area contributed by atoms with Crippen LogP contribution in [-0.4, -0.2) is 55.4 Å². The third kappa shape index (κ3) is 8.23. The second-order valence-electron chi connectivity index (χ2n) is 7.27. The smallest absolute Gasteiger partial charge is 0.191 e. The number of guanidine groups is 1. The number of rotatable bonds is 8. The minimum Gasteiger partial charge on any atom is -0.387 e. The molecule has 2 aromatic carbocycles. The number of hydrogen-bond acceptors (Lipinski definition) is 4. The number of aliphatic imine (C=N–C) groups is 1. The van der Waals surface area contributed by atoms with E-state index in [9.17, 15) is 5.11 Å². The molecule has 0 amide bonds. The van der Waals surface area contributed by atoms with Gasteiger partial charge in [-0.3, -0.25) is 4.90 Å². The second kappa shape index (κ2) is 13.9. The molecule has 0 radical (unpaired) electrons. The Hall–Kier alpha value is -1.39. The first-order valence-corrected chi connectivity index (χ1v) is 10.9. The van der Waals surface area contributed by atoms with Crippen molar-refractivity contribution in [3.05, 3.63) is 70.2 Å². The van der Waals surface area contributed by atoms with E-state index in [4.69, 9.17) is 21.3 Å². The molecule has 0 bridgehead atoms. The van der Waals surface area contributed by atoms with E-state index in [0.717, 1.165) is 39.4 Å². The lowest BCUT2D eigenvalue weighted by molar-refractivity contribution is 0.0341. The molecule has 170 valence electrons. The Bertz CT molecular complexity index is 831. The molecule has 8 heteroatoms. The molecule has 0 spiro atoms. The third-order valence-electron chi connectivity index (χ3n) is 5.09. The van der Waals surface area contributed by atoms with Crippen LogP contribution in [0.5, 0.6) is 0 Å². The van der Waals surface area contributed by atoms with Gasteiger partial charge in [-0.2, -0.15) is 0 Å². The van der Waals surface area contributed by atoms with Crippen molar-refractivity contribution in [1.29, 1.82) is 0 Å². The summed E-state index contributed by atoms with van der Waals surface area (Å²) >= 11 is 6.19. The van der Waals surface area contributed by atoms with Gasteiger partial charge in [0.15, 0.2) is 5.96 Å². The van der Waals surface area contributed by atoms with E-state index >= 15 is 0 Å². The topological polar surface area (TPSA) is 69.1 Å². The Morgan fingerprint density at radius 2 is 1.77 bits per heavy atom. The highest BCUT2D eigenvalue weighted by Crippen LogP contribution is 2.21. The van der Waals surface area contributed by atoms with E-state index in [1.165, 1.54) is 11.1 Å². The van der Waals surface area contributed by atoms with Gasteiger partial charge in [-0.25, -0.2) is 4.99 Å². The molecule has 1 heterocycles. The van der Waals surface area contributed by atoms with Crippen molar-refractivity contribution in [1.82, 2.24) is 15.5 Å². The zero-order valence-corrected chi connectivity index (χ0v) is 21.0. The molecule has 31 heavy (non-hydrogen) atoms. The summed E-state index contributed by atoms with van der Waals surface area (Å²) in [7, 11) is 0. The molecule has 1 saturated heterocycles. The van der Waals surface area contributed by atoms with Crippen LogP contribution in [0.4, 0.5) is 0 Å². The summed E-state index contributed by atoms with van der Waals surface area (Å²) in [5.41, 5.74) is 3.20. The van der Waals surface area contributed by atoms with Gasteiger partial charge in [0, 0.05) is 43.3 Å². The number of aliphatic hydroxyl groups excluding tert-OH is 1. The van der Waals surface area contributed by atoms with E-state index in [2.05, 4.69) is 39.8 Å². The highest BCUT2D eigenvalue weighted by Gasteiger charge is 2.14. The largest absolute Gasteiger partial charge is 0.387 e. The van der Waals surface area contributed by atoms with Crippen LogP contribution in [0.15, 0.2) is 53.5 Å². The monoisotopic (exact) mass is 558 g/mol. The molecule has 1 fully saturated rings. The van der Waals surface area contributed by atoms with Crippen molar-refractivity contribution in [3.63, 3.8) is 0 Å². The Kier molecular flexibility index (Phi) is 11.6. The van der Waals surface area contributed by atoms with Crippen molar-refractivity contribution in [2.24, 2.45) is 4.99 Å². The van der Waals surface area contributed by atoms with Crippen LogP contribution in [0, 0.1) is 0 Å².